The molecule has 1 aromatic carbocycles. The monoisotopic (exact) mass is 342 g/mol. The van der Waals surface area contributed by atoms with Gasteiger partial charge in [0.1, 0.15) is 11.0 Å². The first-order valence-corrected chi connectivity index (χ1v) is 11.1. The normalized spacial score (nSPS) is 16.4. The molecule has 0 radical (unpaired) electrons. The summed E-state index contributed by atoms with van der Waals surface area (Å²) in [7, 11) is -0.0587. The van der Waals surface area contributed by atoms with Crippen LogP contribution in [0.3, 0.4) is 0 Å². The van der Waals surface area contributed by atoms with E-state index in [1.165, 1.54) is 22.6 Å². The fraction of sp³-hybridized carbons (Fsp3) is 0.455. The first-order valence-electron chi connectivity index (χ1n) is 8.75. The number of benzene rings is 1. The predicted molar refractivity (Wildman–Crippen MR) is 110 cm³/mol. The van der Waals surface area contributed by atoms with Crippen molar-refractivity contribution in [3.05, 3.63) is 46.5 Å². The summed E-state index contributed by atoms with van der Waals surface area (Å²) in [6, 6.07) is 8.30. The lowest BCUT2D eigenvalue weighted by molar-refractivity contribution is 0.382. The zero-order valence-corrected chi connectivity index (χ0v) is 17.1. The van der Waals surface area contributed by atoms with E-state index in [1.54, 1.807) is 0 Å². The van der Waals surface area contributed by atoms with Crippen molar-refractivity contribution >= 4 is 31.0 Å². The van der Waals surface area contributed by atoms with Gasteiger partial charge in [0.25, 0.3) is 0 Å². The highest BCUT2D eigenvalue weighted by Crippen LogP contribution is 2.44. The molecule has 0 N–H and O–H groups in total. The number of furan rings is 1. The number of rotatable bonds is 4. The molecular weight excluding hydrogens is 311 g/mol. The van der Waals surface area contributed by atoms with E-state index in [0.717, 1.165) is 11.0 Å². The van der Waals surface area contributed by atoms with Crippen LogP contribution in [0, 0.1) is 5.41 Å². The molecule has 0 aliphatic rings. The Balaban J connectivity index is 2.58. The first kappa shape index (κ1) is 19.0. The van der Waals surface area contributed by atoms with Crippen LogP contribution < -0.4 is 10.6 Å². The van der Waals surface area contributed by atoms with Crippen LogP contribution in [0.4, 0.5) is 0 Å². The highest BCUT2D eigenvalue weighted by Gasteiger charge is 2.23. The van der Waals surface area contributed by atoms with E-state index >= 15 is 0 Å². The van der Waals surface area contributed by atoms with Crippen LogP contribution in [0.1, 0.15) is 41.0 Å². The van der Waals surface area contributed by atoms with Crippen LogP contribution in [0.5, 0.6) is 0 Å². The van der Waals surface area contributed by atoms with Gasteiger partial charge in [0, 0.05) is 16.3 Å². The Morgan fingerprint density at radius 3 is 2.38 bits per heavy atom. The van der Waals surface area contributed by atoms with Crippen molar-refractivity contribution in [2.24, 2.45) is 5.41 Å². The SMILES string of the molecule is C\C=c1/c(=C\C(=C/C)C(CC(C)(C)C)P(C)C)oc2ccccc12. The highest BCUT2D eigenvalue weighted by molar-refractivity contribution is 7.57. The molecular formula is C22H31OP. The maximum atomic E-state index is 6.16. The van der Waals surface area contributed by atoms with Crippen molar-refractivity contribution < 1.29 is 4.42 Å². The molecule has 0 saturated carbocycles. The van der Waals surface area contributed by atoms with Crippen molar-refractivity contribution in [1.82, 2.24) is 0 Å². The van der Waals surface area contributed by atoms with Crippen molar-refractivity contribution in [1.29, 1.82) is 0 Å². The summed E-state index contributed by atoms with van der Waals surface area (Å²) in [6.45, 7) is 16.0. The summed E-state index contributed by atoms with van der Waals surface area (Å²) in [5.74, 6) is 0. The quantitative estimate of drug-likeness (QED) is 0.668. The second kappa shape index (κ2) is 7.70. The van der Waals surface area contributed by atoms with Gasteiger partial charge in [0.05, 0.1) is 0 Å². The van der Waals surface area contributed by atoms with E-state index < -0.39 is 0 Å². The van der Waals surface area contributed by atoms with Crippen LogP contribution in [0.2, 0.25) is 0 Å². The largest absolute Gasteiger partial charge is 0.456 e. The van der Waals surface area contributed by atoms with Gasteiger partial charge in [-0.1, -0.05) is 51.1 Å². The van der Waals surface area contributed by atoms with Gasteiger partial charge in [-0.05, 0) is 56.7 Å². The Kier molecular flexibility index (Phi) is 6.10. The van der Waals surface area contributed by atoms with Crippen LogP contribution in [0.15, 0.2) is 40.3 Å². The Labute approximate surface area is 147 Å². The summed E-state index contributed by atoms with van der Waals surface area (Å²) in [4.78, 5) is 0. The third kappa shape index (κ3) is 4.39. The third-order valence-electron chi connectivity index (χ3n) is 4.40. The number of para-hydroxylation sites is 1. The first-order chi connectivity index (χ1) is 11.3. The van der Waals surface area contributed by atoms with Crippen molar-refractivity contribution in [2.45, 2.75) is 46.7 Å². The average molecular weight is 342 g/mol. The minimum Gasteiger partial charge on any atom is -0.456 e. The van der Waals surface area contributed by atoms with E-state index in [2.05, 4.69) is 78.3 Å². The van der Waals surface area contributed by atoms with E-state index in [4.69, 9.17) is 4.42 Å². The molecule has 130 valence electrons. The molecule has 0 bridgehead atoms. The van der Waals surface area contributed by atoms with Gasteiger partial charge in [0.2, 0.25) is 0 Å². The van der Waals surface area contributed by atoms with E-state index in [1.807, 2.05) is 12.1 Å². The van der Waals surface area contributed by atoms with Crippen molar-refractivity contribution in [2.75, 3.05) is 13.3 Å². The van der Waals surface area contributed by atoms with E-state index in [9.17, 15) is 0 Å². The van der Waals surface area contributed by atoms with Gasteiger partial charge in [0.15, 0.2) is 0 Å². The second-order valence-electron chi connectivity index (χ2n) is 7.84. The molecule has 24 heavy (non-hydrogen) atoms. The van der Waals surface area contributed by atoms with Gasteiger partial charge in [-0.2, -0.15) is 0 Å². The minimum absolute atomic E-state index is 0.0587. The fourth-order valence-electron chi connectivity index (χ4n) is 3.19. The van der Waals surface area contributed by atoms with Gasteiger partial charge in [-0.25, -0.2) is 0 Å². The van der Waals surface area contributed by atoms with Crippen molar-refractivity contribution in [3.8, 4) is 0 Å². The standard InChI is InChI=1S/C22H31OP/c1-8-16(21(24(6)7)15-22(3,4)5)14-20-17(9-2)18-12-10-11-13-19(18)23-20/h8-14,21H,15H2,1-7H3/b16-8+,17-9-,20-14+. The lowest BCUT2D eigenvalue weighted by atomic mass is 9.88. The lowest BCUT2D eigenvalue weighted by Crippen LogP contribution is -2.23. The van der Waals surface area contributed by atoms with Crippen LogP contribution in [-0.2, 0) is 0 Å². The second-order valence-corrected chi connectivity index (χ2v) is 10.4. The van der Waals surface area contributed by atoms with Crippen LogP contribution in [-0.4, -0.2) is 19.0 Å². The van der Waals surface area contributed by atoms with Crippen LogP contribution >= 0.6 is 7.92 Å². The number of allylic oxidation sites excluding steroid dienone is 2. The molecule has 0 aliphatic heterocycles. The highest BCUT2D eigenvalue weighted by atomic mass is 31.1. The van der Waals surface area contributed by atoms with Gasteiger partial charge < -0.3 is 4.42 Å². The number of hydrogen-bond donors (Lipinski definition) is 0. The molecule has 2 rings (SSSR count). The summed E-state index contributed by atoms with van der Waals surface area (Å²) >= 11 is 0. The molecule has 1 unspecified atom stereocenters. The fourth-order valence-corrected chi connectivity index (χ4v) is 4.92. The van der Waals surface area contributed by atoms with E-state index in [-0.39, 0.29) is 7.92 Å². The van der Waals surface area contributed by atoms with Gasteiger partial charge in [-0.3, -0.25) is 0 Å². The molecule has 1 atom stereocenters. The predicted octanol–water partition coefficient (Wildman–Crippen LogP) is 5.51. The number of hydrogen-bond acceptors (Lipinski definition) is 1. The summed E-state index contributed by atoms with van der Waals surface area (Å²) < 4.78 is 6.16. The van der Waals surface area contributed by atoms with Gasteiger partial charge in [-0.15, -0.1) is 7.92 Å². The molecule has 0 spiro atoms. The maximum absolute atomic E-state index is 6.16. The Bertz CT molecular complexity index is 831. The Morgan fingerprint density at radius 1 is 1.17 bits per heavy atom. The average Bonchev–Trinajstić information content (AvgIpc) is 2.86. The summed E-state index contributed by atoms with van der Waals surface area (Å²) in [5, 5.41) is 2.40. The van der Waals surface area contributed by atoms with E-state index in [0.29, 0.717) is 11.1 Å². The third-order valence-corrected chi connectivity index (χ3v) is 6.12. The number of fused-ring (bicyclic) bond motifs is 1. The molecule has 1 heterocycles. The molecule has 1 aromatic heterocycles. The molecule has 0 fully saturated rings. The zero-order valence-electron chi connectivity index (χ0n) is 16.2. The summed E-state index contributed by atoms with van der Waals surface area (Å²) in [5.41, 5.74) is 4.29. The molecule has 0 amide bonds. The summed E-state index contributed by atoms with van der Waals surface area (Å²) in [6.07, 6.45) is 7.90. The maximum Gasteiger partial charge on any atom is 0.135 e. The minimum atomic E-state index is -0.0587. The Morgan fingerprint density at radius 2 is 1.83 bits per heavy atom. The Hall–Kier alpha value is -1.33. The molecule has 2 heteroatoms. The molecule has 2 aromatic rings. The van der Waals surface area contributed by atoms with Crippen LogP contribution in [0.25, 0.3) is 23.1 Å². The van der Waals surface area contributed by atoms with Gasteiger partial charge >= 0.3 is 0 Å². The zero-order chi connectivity index (χ0) is 17.9. The topological polar surface area (TPSA) is 13.1 Å². The molecule has 1 nitrogen and oxygen atoms in total. The van der Waals surface area contributed by atoms with Crippen molar-refractivity contribution in [3.63, 3.8) is 0 Å². The lowest BCUT2D eigenvalue weighted by Gasteiger charge is -2.30. The smallest absolute Gasteiger partial charge is 0.135 e. The molecule has 0 saturated heterocycles. The molecule has 0 aliphatic carbocycles.